The van der Waals surface area contributed by atoms with Gasteiger partial charge in [-0.05, 0) is 43.2 Å². The van der Waals surface area contributed by atoms with Gasteiger partial charge in [-0.1, -0.05) is 24.3 Å². The molecule has 0 radical (unpaired) electrons. The second kappa shape index (κ2) is 8.35. The minimum absolute atomic E-state index is 0.217. The first-order valence-electron chi connectivity index (χ1n) is 9.21. The Labute approximate surface area is 167 Å². The van der Waals surface area contributed by atoms with E-state index < -0.39 is 0 Å². The van der Waals surface area contributed by atoms with Gasteiger partial charge < -0.3 is 9.13 Å². The van der Waals surface area contributed by atoms with E-state index in [4.69, 9.17) is 4.99 Å². The van der Waals surface area contributed by atoms with Crippen LogP contribution in [0.3, 0.4) is 0 Å². The van der Waals surface area contributed by atoms with Gasteiger partial charge in [0.25, 0.3) is 0 Å². The molecule has 142 valence electrons. The topological polar surface area (TPSA) is 35.1 Å². The maximum Gasteiger partial charge on any atom is 0.190 e. The summed E-state index contributed by atoms with van der Waals surface area (Å²) in [6.45, 7) is 3.65. The van der Waals surface area contributed by atoms with E-state index in [0.717, 1.165) is 35.7 Å². The number of nitrogens with zero attached hydrogens (tertiary/aromatic N) is 4. The molecule has 0 fully saturated rings. The summed E-state index contributed by atoms with van der Waals surface area (Å²) in [4.78, 5) is 9.79. The number of imidazole rings is 1. The Kier molecular flexibility index (Phi) is 5.48. The lowest BCUT2D eigenvalue weighted by atomic mass is 10.1. The van der Waals surface area contributed by atoms with Gasteiger partial charge >= 0.3 is 0 Å². The summed E-state index contributed by atoms with van der Waals surface area (Å²) in [5.41, 5.74) is 3.54. The van der Waals surface area contributed by atoms with Crippen molar-refractivity contribution < 1.29 is 4.39 Å². The lowest BCUT2D eigenvalue weighted by molar-refractivity contribution is 0.557. The first-order valence-corrected chi connectivity index (χ1v) is 10.1. The van der Waals surface area contributed by atoms with Gasteiger partial charge in [0.15, 0.2) is 4.80 Å². The highest BCUT2D eigenvalue weighted by atomic mass is 32.1. The zero-order chi connectivity index (χ0) is 19.3. The van der Waals surface area contributed by atoms with Crippen LogP contribution in [0.4, 0.5) is 10.1 Å². The van der Waals surface area contributed by atoms with Crippen molar-refractivity contribution in [1.29, 1.82) is 0 Å². The Balaban J connectivity index is 1.72. The third-order valence-electron chi connectivity index (χ3n) is 4.53. The molecule has 0 aliphatic carbocycles. The van der Waals surface area contributed by atoms with E-state index in [-0.39, 0.29) is 5.82 Å². The molecule has 0 amide bonds. The van der Waals surface area contributed by atoms with Crippen LogP contribution in [-0.2, 0) is 13.1 Å². The normalized spacial score (nSPS) is 11.9. The van der Waals surface area contributed by atoms with E-state index in [1.54, 1.807) is 12.3 Å². The van der Waals surface area contributed by atoms with Crippen molar-refractivity contribution in [2.45, 2.75) is 26.4 Å². The van der Waals surface area contributed by atoms with Crippen molar-refractivity contribution in [2.75, 3.05) is 0 Å². The van der Waals surface area contributed by atoms with Crippen molar-refractivity contribution in [2.24, 2.45) is 4.99 Å². The summed E-state index contributed by atoms with van der Waals surface area (Å²) in [5, 5.41) is 1.99. The highest BCUT2D eigenvalue weighted by Gasteiger charge is 2.12. The van der Waals surface area contributed by atoms with Crippen LogP contribution in [0, 0.1) is 12.7 Å². The molecule has 0 bridgehead atoms. The third kappa shape index (κ3) is 4.12. The van der Waals surface area contributed by atoms with Gasteiger partial charge in [0, 0.05) is 36.4 Å². The lowest BCUT2D eigenvalue weighted by Gasteiger charge is -2.10. The van der Waals surface area contributed by atoms with Gasteiger partial charge in [-0.25, -0.2) is 14.4 Å². The number of hydrogen-bond donors (Lipinski definition) is 0. The summed E-state index contributed by atoms with van der Waals surface area (Å²) < 4.78 is 18.6. The van der Waals surface area contributed by atoms with Gasteiger partial charge in [0.05, 0.1) is 17.7 Å². The van der Waals surface area contributed by atoms with Crippen LogP contribution in [0.2, 0.25) is 0 Å². The Morgan fingerprint density at radius 1 is 1.11 bits per heavy atom. The third-order valence-corrected chi connectivity index (χ3v) is 5.39. The molecule has 0 N–H and O–H groups in total. The smallest absolute Gasteiger partial charge is 0.190 e. The fraction of sp³-hybridized carbons (Fsp3) is 0.182. The maximum absolute atomic E-state index is 14.4. The molecule has 0 atom stereocenters. The molecule has 2 aromatic heterocycles. The van der Waals surface area contributed by atoms with Crippen LogP contribution < -0.4 is 4.80 Å². The minimum atomic E-state index is -0.217. The molecule has 4 aromatic rings. The lowest BCUT2D eigenvalue weighted by Crippen LogP contribution is -2.17. The Hall–Kier alpha value is -2.99. The fourth-order valence-corrected chi connectivity index (χ4v) is 4.10. The van der Waals surface area contributed by atoms with Gasteiger partial charge in [0.2, 0.25) is 0 Å². The van der Waals surface area contributed by atoms with Crippen molar-refractivity contribution in [3.63, 3.8) is 0 Å². The number of rotatable bonds is 6. The van der Waals surface area contributed by atoms with Crippen LogP contribution in [-0.4, -0.2) is 14.1 Å². The number of aromatic nitrogens is 3. The second-order valence-electron chi connectivity index (χ2n) is 6.64. The highest BCUT2D eigenvalue weighted by molar-refractivity contribution is 7.07. The molecule has 2 heterocycles. The zero-order valence-electron chi connectivity index (χ0n) is 15.6. The van der Waals surface area contributed by atoms with Crippen LogP contribution in [0.25, 0.3) is 11.3 Å². The number of thiazole rings is 1. The monoisotopic (exact) mass is 392 g/mol. The van der Waals surface area contributed by atoms with Gasteiger partial charge in [0.1, 0.15) is 5.82 Å². The van der Waals surface area contributed by atoms with Crippen LogP contribution >= 0.6 is 11.3 Å². The largest absolute Gasteiger partial charge is 0.337 e. The van der Waals surface area contributed by atoms with E-state index in [1.807, 2.05) is 46.7 Å². The molecule has 0 saturated carbocycles. The predicted molar refractivity (Wildman–Crippen MR) is 111 cm³/mol. The highest BCUT2D eigenvalue weighted by Crippen LogP contribution is 2.24. The average molecular weight is 393 g/mol. The quantitative estimate of drug-likeness (QED) is 0.445. The van der Waals surface area contributed by atoms with Crippen molar-refractivity contribution >= 4 is 17.0 Å². The number of aryl methyl sites for hydroxylation is 2. The summed E-state index contributed by atoms with van der Waals surface area (Å²) in [6, 6.07) is 15.0. The first kappa shape index (κ1) is 18.4. The predicted octanol–water partition coefficient (Wildman–Crippen LogP) is 5.18. The van der Waals surface area contributed by atoms with E-state index >= 15 is 0 Å². The van der Waals surface area contributed by atoms with Crippen molar-refractivity contribution in [3.05, 3.63) is 88.8 Å². The summed E-state index contributed by atoms with van der Waals surface area (Å²) in [5.74, 6) is -0.217. The summed E-state index contributed by atoms with van der Waals surface area (Å²) in [6.07, 6.45) is 6.44. The van der Waals surface area contributed by atoms with E-state index in [1.165, 1.54) is 23.0 Å². The maximum atomic E-state index is 14.4. The van der Waals surface area contributed by atoms with E-state index in [9.17, 15) is 4.39 Å². The van der Waals surface area contributed by atoms with E-state index in [2.05, 4.69) is 28.6 Å². The van der Waals surface area contributed by atoms with Crippen LogP contribution in [0.1, 0.15) is 12.0 Å². The fourth-order valence-electron chi connectivity index (χ4n) is 3.16. The van der Waals surface area contributed by atoms with Crippen LogP contribution in [0.5, 0.6) is 0 Å². The van der Waals surface area contributed by atoms with E-state index in [0.29, 0.717) is 5.56 Å². The molecule has 2 aromatic carbocycles. The first-order chi connectivity index (χ1) is 13.7. The Bertz CT molecular complexity index is 1130. The zero-order valence-corrected chi connectivity index (χ0v) is 16.4. The van der Waals surface area contributed by atoms with Gasteiger partial charge in [-0.3, -0.25) is 0 Å². The number of hydrogen-bond acceptors (Lipinski definition) is 3. The molecule has 28 heavy (non-hydrogen) atoms. The molecular formula is C22H21FN4S. The molecule has 0 spiro atoms. The molecule has 4 rings (SSSR count). The van der Waals surface area contributed by atoms with Crippen LogP contribution in [0.15, 0.2) is 77.6 Å². The van der Waals surface area contributed by atoms with Gasteiger partial charge in [-0.2, -0.15) is 0 Å². The van der Waals surface area contributed by atoms with Crippen molar-refractivity contribution in [1.82, 2.24) is 14.1 Å². The molecular weight excluding hydrogens is 371 g/mol. The Morgan fingerprint density at radius 2 is 2.00 bits per heavy atom. The van der Waals surface area contributed by atoms with Crippen molar-refractivity contribution in [3.8, 4) is 11.3 Å². The molecule has 0 aliphatic rings. The minimum Gasteiger partial charge on any atom is -0.337 e. The molecule has 0 saturated heterocycles. The number of benzene rings is 2. The average Bonchev–Trinajstić information content (AvgIpc) is 3.33. The molecule has 0 unspecified atom stereocenters. The SMILES string of the molecule is Cc1cccc(N=c2scc(-c3ccccc3F)n2CCCn2ccnc2)c1. The Morgan fingerprint density at radius 3 is 2.79 bits per heavy atom. The summed E-state index contributed by atoms with van der Waals surface area (Å²) in [7, 11) is 0. The number of halogens is 1. The second-order valence-corrected chi connectivity index (χ2v) is 7.48. The molecule has 4 nitrogen and oxygen atoms in total. The van der Waals surface area contributed by atoms with Gasteiger partial charge in [-0.15, -0.1) is 11.3 Å². The standard InChI is InChI=1S/C22H21FN4S/c1-17-6-4-7-18(14-17)25-22-27(12-5-11-26-13-10-24-16-26)21(15-28-22)19-8-2-3-9-20(19)23/h2-4,6-10,13-16H,5,11-12H2,1H3. The molecule has 0 aliphatic heterocycles. The summed E-state index contributed by atoms with van der Waals surface area (Å²) >= 11 is 1.54. The molecule has 6 heteroatoms.